The smallest absolute Gasteiger partial charge is 0.273 e. The molecule has 1 aromatic carbocycles. The van der Waals surface area contributed by atoms with Gasteiger partial charge in [0.2, 0.25) is 5.91 Å². The summed E-state index contributed by atoms with van der Waals surface area (Å²) in [5.74, 6) is -0.256. The molecule has 1 aromatic rings. The van der Waals surface area contributed by atoms with E-state index in [1.807, 2.05) is 4.90 Å². The third kappa shape index (κ3) is 3.41. The number of hydrogen-bond acceptors (Lipinski definition) is 5. The molecule has 0 aliphatic carbocycles. The number of carbonyl (C=O) groups is 1. The summed E-state index contributed by atoms with van der Waals surface area (Å²) in [6.07, 6.45) is 0. The van der Waals surface area contributed by atoms with Gasteiger partial charge in [-0.25, -0.2) is 0 Å². The Kier molecular flexibility index (Phi) is 3.96. The molecule has 7 nitrogen and oxygen atoms in total. The predicted octanol–water partition coefficient (Wildman–Crippen LogP) is 1.39. The molecule has 0 atom stereocenters. The van der Waals surface area contributed by atoms with E-state index in [-0.39, 0.29) is 11.6 Å². The average molecular weight is 265 g/mol. The average Bonchev–Trinajstić information content (AvgIpc) is 2.38. The van der Waals surface area contributed by atoms with Crippen LogP contribution in [0.25, 0.3) is 0 Å². The van der Waals surface area contributed by atoms with Gasteiger partial charge in [0.15, 0.2) is 0 Å². The second-order valence-electron chi connectivity index (χ2n) is 4.28. The van der Waals surface area contributed by atoms with E-state index in [0.717, 1.165) is 5.69 Å². The molecule has 7 heteroatoms. The van der Waals surface area contributed by atoms with Crippen molar-refractivity contribution in [2.45, 2.75) is 6.92 Å². The number of anilines is 2. The summed E-state index contributed by atoms with van der Waals surface area (Å²) in [5, 5.41) is 13.5. The monoisotopic (exact) mass is 265 g/mol. The minimum absolute atomic E-state index is 0.0345. The molecule has 0 bridgehead atoms. The van der Waals surface area contributed by atoms with Crippen LogP contribution in [-0.4, -0.2) is 37.1 Å². The van der Waals surface area contributed by atoms with Gasteiger partial charge in [-0.1, -0.05) is 0 Å². The highest BCUT2D eigenvalue weighted by molar-refractivity contribution is 5.89. The first kappa shape index (κ1) is 13.3. The van der Waals surface area contributed by atoms with Gasteiger partial charge < -0.3 is 15.0 Å². The van der Waals surface area contributed by atoms with Crippen molar-refractivity contribution < 1.29 is 14.5 Å². The number of hydrogen-bond donors (Lipinski definition) is 1. The maximum Gasteiger partial charge on any atom is 0.273 e. The number of benzene rings is 1. The summed E-state index contributed by atoms with van der Waals surface area (Å²) in [5.41, 5.74) is 1.12. The van der Waals surface area contributed by atoms with Gasteiger partial charge in [0.1, 0.15) is 0 Å². The Bertz CT molecular complexity index is 498. The zero-order chi connectivity index (χ0) is 13.8. The van der Waals surface area contributed by atoms with Crippen molar-refractivity contribution in [3.05, 3.63) is 28.3 Å². The lowest BCUT2D eigenvalue weighted by Gasteiger charge is -2.29. The van der Waals surface area contributed by atoms with Gasteiger partial charge in [-0.2, -0.15) is 0 Å². The first-order valence-corrected chi connectivity index (χ1v) is 5.96. The van der Waals surface area contributed by atoms with Crippen LogP contribution in [0.1, 0.15) is 6.92 Å². The molecule has 19 heavy (non-hydrogen) atoms. The molecule has 0 aromatic heterocycles. The number of rotatable bonds is 3. The van der Waals surface area contributed by atoms with E-state index in [1.165, 1.54) is 19.1 Å². The molecular weight excluding hydrogens is 250 g/mol. The molecule has 1 N–H and O–H groups in total. The molecule has 1 heterocycles. The number of nitro benzene ring substituents is 1. The number of carbonyl (C=O) groups excluding carboxylic acids is 1. The normalized spacial score (nSPS) is 15.1. The van der Waals surface area contributed by atoms with Crippen LogP contribution in [0.4, 0.5) is 17.1 Å². The molecule has 102 valence electrons. The molecule has 0 unspecified atom stereocenters. The fourth-order valence-corrected chi connectivity index (χ4v) is 1.98. The Morgan fingerprint density at radius 1 is 1.37 bits per heavy atom. The molecule has 1 aliphatic rings. The maximum absolute atomic E-state index is 11.1. The van der Waals surface area contributed by atoms with Gasteiger partial charge in [-0.3, -0.25) is 14.9 Å². The van der Waals surface area contributed by atoms with E-state index in [9.17, 15) is 14.9 Å². The molecular formula is C12H15N3O4. The molecule has 2 rings (SSSR count). The van der Waals surface area contributed by atoms with Crippen LogP contribution in [0.3, 0.4) is 0 Å². The fraction of sp³-hybridized carbons (Fsp3) is 0.417. The molecule has 1 amide bonds. The van der Waals surface area contributed by atoms with Crippen molar-refractivity contribution in [3.63, 3.8) is 0 Å². The van der Waals surface area contributed by atoms with Gasteiger partial charge in [0.05, 0.1) is 18.1 Å². The van der Waals surface area contributed by atoms with Crippen molar-refractivity contribution in [1.29, 1.82) is 0 Å². The molecule has 0 saturated carbocycles. The second kappa shape index (κ2) is 5.66. The van der Waals surface area contributed by atoms with Gasteiger partial charge in [-0.15, -0.1) is 0 Å². The third-order valence-corrected chi connectivity index (χ3v) is 2.81. The number of nitrogens with zero attached hydrogens (tertiary/aromatic N) is 2. The van der Waals surface area contributed by atoms with Crippen LogP contribution in [0.15, 0.2) is 18.2 Å². The minimum Gasteiger partial charge on any atom is -0.378 e. The number of amides is 1. The first-order chi connectivity index (χ1) is 9.06. The van der Waals surface area contributed by atoms with Crippen molar-refractivity contribution in [2.24, 2.45) is 0 Å². The summed E-state index contributed by atoms with van der Waals surface area (Å²) in [6.45, 7) is 3.92. The third-order valence-electron chi connectivity index (χ3n) is 2.81. The molecule has 0 spiro atoms. The van der Waals surface area contributed by atoms with Crippen LogP contribution in [0, 0.1) is 10.1 Å². The van der Waals surface area contributed by atoms with Gasteiger partial charge in [-0.05, 0) is 6.07 Å². The highest BCUT2D eigenvalue weighted by Crippen LogP contribution is 2.27. The van der Waals surface area contributed by atoms with Gasteiger partial charge in [0, 0.05) is 43.5 Å². The lowest BCUT2D eigenvalue weighted by Crippen LogP contribution is -2.36. The highest BCUT2D eigenvalue weighted by Gasteiger charge is 2.16. The summed E-state index contributed by atoms with van der Waals surface area (Å²) in [7, 11) is 0. The van der Waals surface area contributed by atoms with Crippen molar-refractivity contribution in [3.8, 4) is 0 Å². The number of nitrogens with one attached hydrogen (secondary N) is 1. The van der Waals surface area contributed by atoms with Crippen molar-refractivity contribution >= 4 is 23.0 Å². The summed E-state index contributed by atoms with van der Waals surface area (Å²) in [4.78, 5) is 23.5. The van der Waals surface area contributed by atoms with E-state index in [1.54, 1.807) is 6.07 Å². The molecule has 1 aliphatic heterocycles. The standard InChI is InChI=1S/C12H15N3O4/c1-9(16)13-10-6-11(8-12(7-10)15(17)18)14-2-4-19-5-3-14/h6-8H,2-5H2,1H3,(H,13,16). The number of nitro groups is 1. The van der Waals surface area contributed by atoms with E-state index >= 15 is 0 Å². The second-order valence-corrected chi connectivity index (χ2v) is 4.28. The van der Waals surface area contributed by atoms with Gasteiger partial charge in [0.25, 0.3) is 5.69 Å². The Morgan fingerprint density at radius 2 is 2.05 bits per heavy atom. The van der Waals surface area contributed by atoms with Crippen LogP contribution in [-0.2, 0) is 9.53 Å². The lowest BCUT2D eigenvalue weighted by atomic mass is 10.2. The van der Waals surface area contributed by atoms with E-state index in [2.05, 4.69) is 5.32 Å². The van der Waals surface area contributed by atoms with Crippen molar-refractivity contribution in [2.75, 3.05) is 36.5 Å². The predicted molar refractivity (Wildman–Crippen MR) is 70.4 cm³/mol. The quantitative estimate of drug-likeness (QED) is 0.659. The number of ether oxygens (including phenoxy) is 1. The van der Waals surface area contributed by atoms with E-state index < -0.39 is 4.92 Å². The Hall–Kier alpha value is -2.15. The molecule has 1 fully saturated rings. The SMILES string of the molecule is CC(=O)Nc1cc(N2CCOCC2)cc([N+](=O)[O-])c1. The molecule has 0 radical (unpaired) electrons. The Balaban J connectivity index is 2.32. The zero-order valence-corrected chi connectivity index (χ0v) is 10.6. The first-order valence-electron chi connectivity index (χ1n) is 5.96. The fourth-order valence-electron chi connectivity index (χ4n) is 1.98. The van der Waals surface area contributed by atoms with E-state index in [0.29, 0.717) is 32.0 Å². The number of non-ortho nitro benzene ring substituents is 1. The van der Waals surface area contributed by atoms with Gasteiger partial charge >= 0.3 is 0 Å². The summed E-state index contributed by atoms with van der Waals surface area (Å²) < 4.78 is 5.25. The lowest BCUT2D eigenvalue weighted by molar-refractivity contribution is -0.384. The van der Waals surface area contributed by atoms with Crippen LogP contribution in [0.2, 0.25) is 0 Å². The highest BCUT2D eigenvalue weighted by atomic mass is 16.6. The topological polar surface area (TPSA) is 84.7 Å². The summed E-state index contributed by atoms with van der Waals surface area (Å²) in [6, 6.07) is 4.60. The Labute approximate surface area is 110 Å². The zero-order valence-electron chi connectivity index (χ0n) is 10.6. The van der Waals surface area contributed by atoms with Crippen LogP contribution in [0.5, 0.6) is 0 Å². The van der Waals surface area contributed by atoms with Crippen LogP contribution >= 0.6 is 0 Å². The maximum atomic E-state index is 11.1. The molecule has 1 saturated heterocycles. The number of morpholine rings is 1. The van der Waals surface area contributed by atoms with Crippen molar-refractivity contribution in [1.82, 2.24) is 0 Å². The van der Waals surface area contributed by atoms with E-state index in [4.69, 9.17) is 4.74 Å². The largest absolute Gasteiger partial charge is 0.378 e. The van der Waals surface area contributed by atoms with Crippen LogP contribution < -0.4 is 10.2 Å². The Morgan fingerprint density at radius 3 is 2.63 bits per heavy atom. The summed E-state index contributed by atoms with van der Waals surface area (Å²) >= 11 is 0. The minimum atomic E-state index is -0.463.